The first-order valence-electron chi connectivity index (χ1n) is 7.72. The number of aryl methyl sites for hydroxylation is 1. The average Bonchev–Trinajstić information content (AvgIpc) is 3.08. The third kappa shape index (κ3) is 2.45. The van der Waals surface area contributed by atoms with E-state index in [2.05, 4.69) is 15.3 Å². The van der Waals surface area contributed by atoms with Gasteiger partial charge in [0.2, 0.25) is 0 Å². The number of anilines is 1. The van der Waals surface area contributed by atoms with E-state index < -0.39 is 12.5 Å². The molecule has 1 fully saturated rings. The number of nitrogens with zero attached hydrogens (tertiary/aromatic N) is 3. The van der Waals surface area contributed by atoms with Crippen LogP contribution in [0.25, 0.3) is 5.69 Å². The highest BCUT2D eigenvalue weighted by atomic mass is 19.3. The maximum absolute atomic E-state index is 13.6. The predicted octanol–water partition coefficient (Wildman–Crippen LogP) is 2.07. The van der Waals surface area contributed by atoms with Crippen LogP contribution in [0.5, 0.6) is 5.75 Å². The third-order valence-corrected chi connectivity index (χ3v) is 4.33. The molecule has 0 amide bonds. The molecule has 122 valence electrons. The normalized spacial score (nSPS) is 19.5. The van der Waals surface area contributed by atoms with Crippen molar-refractivity contribution in [2.24, 2.45) is 0 Å². The fraction of sp³-hybridized carbons (Fsp3) is 0.438. The van der Waals surface area contributed by atoms with Gasteiger partial charge in [-0.15, -0.1) is 0 Å². The summed E-state index contributed by atoms with van der Waals surface area (Å²) < 4.78 is 34.2. The molecular formula is C16H18F2N4O. The highest BCUT2D eigenvalue weighted by Gasteiger charge is 2.41. The van der Waals surface area contributed by atoms with Gasteiger partial charge in [0.15, 0.2) is 12.4 Å². The molecule has 0 radical (unpaired) electrons. The van der Waals surface area contributed by atoms with Gasteiger partial charge in [-0.1, -0.05) is 0 Å². The standard InChI is InChI=1S/C16H18F2N4O/c1-11-8-15(21-6-4-19-5-7-21)20-22(11)12-2-3-13-14(9-12)23-10-16(13,17)18/h2-3,8-9,19H,4-7,10H2,1H3. The second kappa shape index (κ2) is 5.19. The number of nitrogens with one attached hydrogen (secondary N) is 1. The third-order valence-electron chi connectivity index (χ3n) is 4.33. The van der Waals surface area contributed by atoms with Crippen molar-refractivity contribution < 1.29 is 13.5 Å². The van der Waals surface area contributed by atoms with Crippen LogP contribution in [0.1, 0.15) is 11.3 Å². The first-order chi connectivity index (χ1) is 11.0. The Morgan fingerprint density at radius 1 is 1.22 bits per heavy atom. The van der Waals surface area contributed by atoms with Crippen LogP contribution in [0.3, 0.4) is 0 Å². The molecule has 2 aromatic rings. The molecule has 0 spiro atoms. The van der Waals surface area contributed by atoms with Crippen molar-refractivity contribution in [3.8, 4) is 11.4 Å². The van der Waals surface area contributed by atoms with Crippen molar-refractivity contribution in [2.45, 2.75) is 12.8 Å². The Kier molecular flexibility index (Phi) is 3.26. The molecule has 23 heavy (non-hydrogen) atoms. The summed E-state index contributed by atoms with van der Waals surface area (Å²) in [6, 6.07) is 6.76. The monoisotopic (exact) mass is 320 g/mol. The summed E-state index contributed by atoms with van der Waals surface area (Å²) in [5.74, 6) is -1.75. The molecule has 0 atom stereocenters. The number of alkyl halides is 2. The van der Waals surface area contributed by atoms with Crippen molar-refractivity contribution in [2.75, 3.05) is 37.7 Å². The van der Waals surface area contributed by atoms with E-state index in [0.717, 1.165) is 43.4 Å². The number of hydrogen-bond acceptors (Lipinski definition) is 4. The van der Waals surface area contributed by atoms with E-state index in [4.69, 9.17) is 4.74 Å². The van der Waals surface area contributed by atoms with Crippen molar-refractivity contribution >= 4 is 5.82 Å². The molecule has 0 aliphatic carbocycles. The van der Waals surface area contributed by atoms with E-state index in [-0.39, 0.29) is 11.3 Å². The summed E-state index contributed by atoms with van der Waals surface area (Å²) in [4.78, 5) is 2.22. The summed E-state index contributed by atoms with van der Waals surface area (Å²) >= 11 is 0. The fourth-order valence-corrected chi connectivity index (χ4v) is 3.08. The van der Waals surface area contributed by atoms with Crippen LogP contribution in [0.4, 0.5) is 14.6 Å². The van der Waals surface area contributed by atoms with Gasteiger partial charge >= 0.3 is 5.92 Å². The van der Waals surface area contributed by atoms with Crippen molar-refractivity contribution in [1.29, 1.82) is 0 Å². The first-order valence-corrected chi connectivity index (χ1v) is 7.72. The molecule has 2 aliphatic heterocycles. The lowest BCUT2D eigenvalue weighted by Gasteiger charge is -2.27. The number of ether oxygens (including phenoxy) is 1. The fourth-order valence-electron chi connectivity index (χ4n) is 3.08. The van der Waals surface area contributed by atoms with Crippen LogP contribution in [0, 0.1) is 6.92 Å². The summed E-state index contributed by atoms with van der Waals surface area (Å²) in [6.45, 7) is 5.07. The zero-order chi connectivity index (χ0) is 16.0. The summed E-state index contributed by atoms with van der Waals surface area (Å²) in [6.07, 6.45) is 0. The van der Waals surface area contributed by atoms with Crippen LogP contribution in [0.15, 0.2) is 24.3 Å². The van der Waals surface area contributed by atoms with Crippen molar-refractivity contribution in [3.63, 3.8) is 0 Å². The number of aromatic nitrogens is 2. The van der Waals surface area contributed by atoms with Crippen LogP contribution in [-0.4, -0.2) is 42.6 Å². The molecule has 0 unspecified atom stereocenters. The summed E-state index contributed by atoms with van der Waals surface area (Å²) in [7, 11) is 0. The number of rotatable bonds is 2. The Morgan fingerprint density at radius 3 is 2.78 bits per heavy atom. The van der Waals surface area contributed by atoms with Crippen LogP contribution >= 0.6 is 0 Å². The van der Waals surface area contributed by atoms with E-state index >= 15 is 0 Å². The van der Waals surface area contributed by atoms with Gasteiger partial charge in [-0.05, 0) is 19.1 Å². The molecule has 7 heteroatoms. The minimum absolute atomic E-state index is 0.0478. The Labute approximate surface area is 132 Å². The van der Waals surface area contributed by atoms with Crippen LogP contribution in [0.2, 0.25) is 0 Å². The van der Waals surface area contributed by atoms with E-state index in [1.807, 2.05) is 13.0 Å². The van der Waals surface area contributed by atoms with Gasteiger partial charge in [-0.2, -0.15) is 13.9 Å². The highest BCUT2D eigenvalue weighted by molar-refractivity contribution is 5.51. The van der Waals surface area contributed by atoms with Crippen molar-refractivity contribution in [1.82, 2.24) is 15.1 Å². The second-order valence-electron chi connectivity index (χ2n) is 5.97. The van der Waals surface area contributed by atoms with Gasteiger partial charge in [0.25, 0.3) is 0 Å². The molecule has 2 aliphatic rings. The predicted molar refractivity (Wildman–Crippen MR) is 82.8 cm³/mol. The topological polar surface area (TPSA) is 42.3 Å². The largest absolute Gasteiger partial charge is 0.486 e. The quantitative estimate of drug-likeness (QED) is 0.920. The van der Waals surface area contributed by atoms with Gasteiger partial charge in [0, 0.05) is 44.0 Å². The number of fused-ring (bicyclic) bond motifs is 1. The minimum atomic E-state index is -2.90. The second-order valence-corrected chi connectivity index (χ2v) is 5.97. The smallest absolute Gasteiger partial charge is 0.310 e. The van der Waals surface area contributed by atoms with E-state index in [0.29, 0.717) is 0 Å². The Bertz CT molecular complexity index is 738. The Hall–Kier alpha value is -2.15. The molecule has 1 N–H and O–H groups in total. The Morgan fingerprint density at radius 2 is 2.00 bits per heavy atom. The van der Waals surface area contributed by atoms with Gasteiger partial charge in [0.05, 0.1) is 11.3 Å². The van der Waals surface area contributed by atoms with E-state index in [9.17, 15) is 8.78 Å². The van der Waals surface area contributed by atoms with Gasteiger partial charge in [-0.3, -0.25) is 0 Å². The number of halogens is 2. The lowest BCUT2D eigenvalue weighted by atomic mass is 10.1. The molecule has 4 rings (SSSR count). The molecule has 1 aromatic heterocycles. The van der Waals surface area contributed by atoms with Gasteiger partial charge in [0.1, 0.15) is 5.75 Å². The van der Waals surface area contributed by atoms with Crippen LogP contribution in [-0.2, 0) is 5.92 Å². The molecule has 3 heterocycles. The molecule has 0 saturated carbocycles. The maximum Gasteiger partial charge on any atom is 0.310 e. The summed E-state index contributed by atoms with van der Waals surface area (Å²) in [5.41, 5.74) is 1.65. The molecule has 1 saturated heterocycles. The van der Waals surface area contributed by atoms with E-state index in [1.54, 1.807) is 16.8 Å². The molecular weight excluding hydrogens is 302 g/mol. The minimum Gasteiger partial charge on any atom is -0.486 e. The van der Waals surface area contributed by atoms with Crippen molar-refractivity contribution in [3.05, 3.63) is 35.5 Å². The maximum atomic E-state index is 13.6. The number of piperazine rings is 1. The van der Waals surface area contributed by atoms with Gasteiger partial charge < -0.3 is 15.0 Å². The first kappa shape index (κ1) is 14.4. The molecule has 1 aromatic carbocycles. The van der Waals surface area contributed by atoms with Crippen LogP contribution < -0.4 is 15.0 Å². The lowest BCUT2D eigenvalue weighted by molar-refractivity contribution is -0.0213. The zero-order valence-corrected chi connectivity index (χ0v) is 12.9. The zero-order valence-electron chi connectivity index (χ0n) is 12.9. The molecule has 5 nitrogen and oxygen atoms in total. The lowest BCUT2D eigenvalue weighted by Crippen LogP contribution is -2.43. The van der Waals surface area contributed by atoms with E-state index in [1.165, 1.54) is 6.07 Å². The van der Waals surface area contributed by atoms with Gasteiger partial charge in [-0.25, -0.2) is 4.68 Å². The summed E-state index contributed by atoms with van der Waals surface area (Å²) in [5, 5.41) is 7.95. The molecule has 0 bridgehead atoms. The highest BCUT2D eigenvalue weighted by Crippen LogP contribution is 2.42. The number of hydrogen-bond donors (Lipinski definition) is 1. The Balaban J connectivity index is 1.67. The number of benzene rings is 1. The SMILES string of the molecule is Cc1cc(N2CCNCC2)nn1-c1ccc2c(c1)OCC2(F)F. The average molecular weight is 320 g/mol.